The van der Waals surface area contributed by atoms with Gasteiger partial charge in [-0.1, -0.05) is 17.7 Å². The Hall–Kier alpha value is -2.61. The molecule has 6 nitrogen and oxygen atoms in total. The Labute approximate surface area is 192 Å². The molecule has 1 saturated heterocycles. The van der Waals surface area contributed by atoms with Crippen molar-refractivity contribution in [2.45, 2.75) is 20.0 Å². The van der Waals surface area contributed by atoms with Crippen molar-refractivity contribution >= 4 is 40.9 Å². The van der Waals surface area contributed by atoms with Crippen LogP contribution in [0.5, 0.6) is 11.5 Å². The molecule has 2 aromatic carbocycles. The fraction of sp³-hybridized carbons (Fsp3) is 0.304. The number of rotatable bonds is 9. The number of benzene rings is 2. The first-order chi connectivity index (χ1) is 14.9. The molecule has 0 aliphatic carbocycles. The molecule has 1 aliphatic rings. The van der Waals surface area contributed by atoms with E-state index in [2.05, 4.69) is 5.32 Å². The second-order valence-electron chi connectivity index (χ2n) is 7.06. The number of nitrogens with one attached hydrogen (secondary N) is 1. The first-order valence-corrected chi connectivity index (χ1v) is 10.6. The summed E-state index contributed by atoms with van der Waals surface area (Å²) in [6.45, 7) is 3.34. The van der Waals surface area contributed by atoms with Gasteiger partial charge in [0.25, 0.3) is 5.91 Å². The smallest absolute Gasteiger partial charge is 0.276 e. The van der Waals surface area contributed by atoms with E-state index in [-0.39, 0.29) is 5.91 Å². The van der Waals surface area contributed by atoms with Gasteiger partial charge in [-0.25, -0.2) is 0 Å². The standard InChI is InChI=1S/C23H25ClN2O4S/c1-15-11-18(24)6-8-20(15)30-14-17-12-16(5-7-21(17)29-3)13-19-22(27)26(23(31)25-19)9-4-10-28-2/h5-8,11-13H,4,9-10,14H2,1-3H3,(H,25,31)/b19-13+. The second kappa shape index (κ2) is 10.6. The van der Waals surface area contributed by atoms with Gasteiger partial charge in [-0.05, 0) is 73.1 Å². The number of thiocarbonyl (C=S) groups is 1. The summed E-state index contributed by atoms with van der Waals surface area (Å²) in [5.74, 6) is 1.31. The number of nitrogens with zero attached hydrogens (tertiary/aromatic N) is 1. The van der Waals surface area contributed by atoms with Gasteiger partial charge in [-0.2, -0.15) is 0 Å². The van der Waals surface area contributed by atoms with Crippen molar-refractivity contribution < 1.29 is 19.0 Å². The third-order valence-electron chi connectivity index (χ3n) is 4.83. The molecular weight excluding hydrogens is 436 g/mol. The van der Waals surface area contributed by atoms with E-state index in [0.717, 1.165) is 22.4 Å². The normalized spacial score (nSPS) is 14.8. The highest BCUT2D eigenvalue weighted by atomic mass is 35.5. The van der Waals surface area contributed by atoms with E-state index in [0.29, 0.717) is 47.8 Å². The van der Waals surface area contributed by atoms with Crippen LogP contribution in [-0.2, 0) is 16.1 Å². The average molecular weight is 461 g/mol. The summed E-state index contributed by atoms with van der Waals surface area (Å²) in [6, 6.07) is 11.2. The number of amides is 1. The van der Waals surface area contributed by atoms with Gasteiger partial charge in [0, 0.05) is 30.8 Å². The van der Waals surface area contributed by atoms with Crippen molar-refractivity contribution in [3.8, 4) is 11.5 Å². The molecule has 1 fully saturated rings. The zero-order valence-corrected chi connectivity index (χ0v) is 19.3. The summed E-state index contributed by atoms with van der Waals surface area (Å²) in [5.41, 5.74) is 3.08. The summed E-state index contributed by atoms with van der Waals surface area (Å²) in [4.78, 5) is 14.3. The molecule has 8 heteroatoms. The van der Waals surface area contributed by atoms with Gasteiger partial charge >= 0.3 is 0 Å². The molecule has 0 aromatic heterocycles. The number of halogens is 1. The van der Waals surface area contributed by atoms with E-state index in [1.165, 1.54) is 0 Å². The first-order valence-electron chi connectivity index (χ1n) is 9.82. The van der Waals surface area contributed by atoms with Gasteiger partial charge in [0.2, 0.25) is 0 Å². The van der Waals surface area contributed by atoms with Crippen molar-refractivity contribution in [1.82, 2.24) is 10.2 Å². The van der Waals surface area contributed by atoms with Crippen molar-refractivity contribution in [3.05, 3.63) is 63.8 Å². The third-order valence-corrected chi connectivity index (χ3v) is 5.39. The molecule has 0 unspecified atom stereocenters. The summed E-state index contributed by atoms with van der Waals surface area (Å²) < 4.78 is 16.5. The summed E-state index contributed by atoms with van der Waals surface area (Å²) >= 11 is 11.3. The van der Waals surface area contributed by atoms with Gasteiger partial charge in [0.05, 0.1) is 7.11 Å². The van der Waals surface area contributed by atoms with E-state index in [4.69, 9.17) is 38.0 Å². The maximum Gasteiger partial charge on any atom is 0.276 e. The van der Waals surface area contributed by atoms with Crippen molar-refractivity contribution in [1.29, 1.82) is 0 Å². The predicted octanol–water partition coefficient (Wildman–Crippen LogP) is 4.33. The molecule has 0 saturated carbocycles. The van der Waals surface area contributed by atoms with E-state index in [1.807, 2.05) is 37.3 Å². The lowest BCUT2D eigenvalue weighted by molar-refractivity contribution is -0.122. The molecule has 3 rings (SSSR count). The van der Waals surface area contributed by atoms with Crippen LogP contribution in [0.4, 0.5) is 0 Å². The Bertz CT molecular complexity index is 1010. The lowest BCUT2D eigenvalue weighted by atomic mass is 10.1. The minimum Gasteiger partial charge on any atom is -0.496 e. The third kappa shape index (κ3) is 5.76. The van der Waals surface area contributed by atoms with E-state index in [9.17, 15) is 4.79 Å². The largest absolute Gasteiger partial charge is 0.496 e. The molecule has 0 bridgehead atoms. The average Bonchev–Trinajstić information content (AvgIpc) is 3.00. The zero-order chi connectivity index (χ0) is 22.4. The lowest BCUT2D eigenvalue weighted by Crippen LogP contribution is -2.32. The van der Waals surface area contributed by atoms with Crippen LogP contribution in [0.2, 0.25) is 5.02 Å². The summed E-state index contributed by atoms with van der Waals surface area (Å²) in [6.07, 6.45) is 2.49. The topological polar surface area (TPSA) is 60.0 Å². The zero-order valence-electron chi connectivity index (χ0n) is 17.7. The van der Waals surface area contributed by atoms with E-state index < -0.39 is 0 Å². The Morgan fingerprint density at radius 1 is 1.16 bits per heavy atom. The number of hydrogen-bond acceptors (Lipinski definition) is 5. The molecule has 2 aromatic rings. The molecule has 1 amide bonds. The Balaban J connectivity index is 1.77. The van der Waals surface area contributed by atoms with Crippen molar-refractivity contribution in [3.63, 3.8) is 0 Å². The SMILES string of the molecule is COCCCN1C(=O)/C(=C\c2ccc(OC)c(COc3ccc(Cl)cc3C)c2)NC1=S. The fourth-order valence-electron chi connectivity index (χ4n) is 3.24. The van der Waals surface area contributed by atoms with E-state index in [1.54, 1.807) is 31.3 Å². The minimum atomic E-state index is -0.147. The van der Waals surface area contributed by atoms with Crippen molar-refractivity contribution in [2.24, 2.45) is 0 Å². The number of aryl methyl sites for hydroxylation is 1. The molecule has 0 spiro atoms. The first kappa shape index (κ1) is 23.1. The second-order valence-corrected chi connectivity index (χ2v) is 7.88. The minimum absolute atomic E-state index is 0.147. The number of carbonyl (C=O) groups excluding carboxylic acids is 1. The van der Waals surface area contributed by atoms with Crippen LogP contribution in [-0.4, -0.2) is 43.3 Å². The lowest BCUT2D eigenvalue weighted by Gasteiger charge is -2.13. The molecule has 1 N–H and O–H groups in total. The van der Waals surface area contributed by atoms with Crippen LogP contribution in [0, 0.1) is 6.92 Å². The van der Waals surface area contributed by atoms with E-state index >= 15 is 0 Å². The van der Waals surface area contributed by atoms with Crippen LogP contribution >= 0.6 is 23.8 Å². The molecule has 164 valence electrons. The number of ether oxygens (including phenoxy) is 3. The Morgan fingerprint density at radius 2 is 1.94 bits per heavy atom. The van der Waals surface area contributed by atoms with Crippen LogP contribution in [0.25, 0.3) is 6.08 Å². The maximum absolute atomic E-state index is 12.7. The maximum atomic E-state index is 12.7. The van der Waals surface area contributed by atoms with Crippen LogP contribution in [0.15, 0.2) is 42.1 Å². The van der Waals surface area contributed by atoms with Gasteiger partial charge in [0.1, 0.15) is 23.8 Å². The van der Waals surface area contributed by atoms with Gasteiger partial charge in [-0.3, -0.25) is 9.69 Å². The number of carbonyl (C=O) groups is 1. The fourth-order valence-corrected chi connectivity index (χ4v) is 3.75. The number of methoxy groups -OCH3 is 2. The quantitative estimate of drug-likeness (QED) is 0.341. The highest BCUT2D eigenvalue weighted by Crippen LogP contribution is 2.26. The van der Waals surface area contributed by atoms with Gasteiger partial charge in [-0.15, -0.1) is 0 Å². The monoisotopic (exact) mass is 460 g/mol. The van der Waals surface area contributed by atoms with Crippen LogP contribution in [0.3, 0.4) is 0 Å². The predicted molar refractivity (Wildman–Crippen MR) is 125 cm³/mol. The molecule has 1 aliphatic heterocycles. The molecule has 1 heterocycles. The Kier molecular flexibility index (Phi) is 7.90. The molecule has 0 atom stereocenters. The Morgan fingerprint density at radius 3 is 2.65 bits per heavy atom. The summed E-state index contributed by atoms with van der Waals surface area (Å²) in [5, 5.41) is 4.07. The molecule has 31 heavy (non-hydrogen) atoms. The highest BCUT2D eigenvalue weighted by molar-refractivity contribution is 7.80. The molecular formula is C23H25ClN2O4S. The van der Waals surface area contributed by atoms with Gasteiger partial charge in [0.15, 0.2) is 5.11 Å². The van der Waals surface area contributed by atoms with Gasteiger partial charge < -0.3 is 19.5 Å². The van der Waals surface area contributed by atoms with Crippen LogP contribution in [0.1, 0.15) is 23.1 Å². The number of hydrogen-bond donors (Lipinski definition) is 1. The van der Waals surface area contributed by atoms with Crippen LogP contribution < -0.4 is 14.8 Å². The molecule has 0 radical (unpaired) electrons. The van der Waals surface area contributed by atoms with Crippen molar-refractivity contribution in [2.75, 3.05) is 27.4 Å². The summed E-state index contributed by atoms with van der Waals surface area (Å²) in [7, 11) is 3.25. The highest BCUT2D eigenvalue weighted by Gasteiger charge is 2.30.